The van der Waals surface area contributed by atoms with Gasteiger partial charge in [0.05, 0.1) is 5.69 Å². The highest BCUT2D eigenvalue weighted by atomic mass is 16.5. The highest BCUT2D eigenvalue weighted by Crippen LogP contribution is 2.28. The molecule has 0 fully saturated rings. The zero-order chi connectivity index (χ0) is 21.8. The number of anilines is 3. The lowest BCUT2D eigenvalue weighted by atomic mass is 10.1. The van der Waals surface area contributed by atoms with E-state index in [1.165, 1.54) is 0 Å². The highest BCUT2D eigenvalue weighted by Gasteiger charge is 2.20. The van der Waals surface area contributed by atoms with Crippen LogP contribution in [0.3, 0.4) is 0 Å². The molecule has 1 amide bonds. The zero-order valence-electron chi connectivity index (χ0n) is 17.5. The fourth-order valence-electron chi connectivity index (χ4n) is 3.43. The maximum atomic E-state index is 13.3. The second-order valence-corrected chi connectivity index (χ2v) is 7.41. The molecule has 31 heavy (non-hydrogen) atoms. The predicted octanol–water partition coefficient (Wildman–Crippen LogP) is 5.48. The molecule has 0 unspecified atom stereocenters. The minimum absolute atomic E-state index is 0.394. The van der Waals surface area contributed by atoms with Crippen LogP contribution in [0.1, 0.15) is 0 Å². The molecule has 0 atom stereocenters. The number of fused-ring (bicyclic) bond motifs is 1. The van der Waals surface area contributed by atoms with E-state index >= 15 is 0 Å². The molecule has 5 heteroatoms. The lowest BCUT2D eigenvalue weighted by Gasteiger charge is -2.21. The Morgan fingerprint density at radius 3 is 2.03 bits per heavy atom. The molecule has 0 saturated carbocycles. The van der Waals surface area contributed by atoms with Crippen molar-refractivity contribution in [2.24, 2.45) is 0 Å². The third-order valence-corrected chi connectivity index (χ3v) is 5.07. The van der Waals surface area contributed by atoms with Gasteiger partial charge in [0.25, 0.3) is 0 Å². The third-order valence-electron chi connectivity index (χ3n) is 5.07. The number of para-hydroxylation sites is 1. The summed E-state index contributed by atoms with van der Waals surface area (Å²) in [5.74, 6) is -0.423. The van der Waals surface area contributed by atoms with E-state index in [1.807, 2.05) is 104 Å². The SMILES string of the molecule is CN(C)c1ccc(/[N+]([O-])=C/C(=O)N(c2ccccc2)c2ccc3ccccc3c2)cc1. The van der Waals surface area contributed by atoms with Gasteiger partial charge in [0, 0.05) is 37.6 Å². The van der Waals surface area contributed by atoms with Gasteiger partial charge in [0.1, 0.15) is 0 Å². The fraction of sp³-hybridized carbons (Fsp3) is 0.0769. The maximum Gasteiger partial charge on any atom is 0.321 e. The van der Waals surface area contributed by atoms with Gasteiger partial charge in [0.15, 0.2) is 0 Å². The molecule has 0 spiro atoms. The number of rotatable bonds is 5. The first kappa shape index (κ1) is 20.2. The van der Waals surface area contributed by atoms with E-state index in [-0.39, 0.29) is 0 Å². The summed E-state index contributed by atoms with van der Waals surface area (Å²) in [6.07, 6.45) is 1.08. The summed E-state index contributed by atoms with van der Waals surface area (Å²) in [5.41, 5.74) is 2.76. The minimum Gasteiger partial charge on any atom is -0.618 e. The molecular weight excluding hydrogens is 386 g/mol. The lowest BCUT2D eigenvalue weighted by Crippen LogP contribution is -2.29. The predicted molar refractivity (Wildman–Crippen MR) is 128 cm³/mol. The van der Waals surface area contributed by atoms with E-state index in [1.54, 1.807) is 17.0 Å². The Bertz CT molecular complexity index is 1230. The topological polar surface area (TPSA) is 49.6 Å². The summed E-state index contributed by atoms with van der Waals surface area (Å²) in [7, 11) is 3.86. The Morgan fingerprint density at radius 1 is 0.742 bits per heavy atom. The molecule has 154 valence electrons. The number of amides is 1. The van der Waals surface area contributed by atoms with Crippen molar-refractivity contribution < 1.29 is 9.53 Å². The molecule has 0 aromatic heterocycles. The van der Waals surface area contributed by atoms with Gasteiger partial charge in [-0.1, -0.05) is 48.5 Å². The number of benzene rings is 4. The van der Waals surface area contributed by atoms with Crippen LogP contribution in [0.4, 0.5) is 22.7 Å². The first-order valence-electron chi connectivity index (χ1n) is 9.99. The normalized spacial score (nSPS) is 11.4. The van der Waals surface area contributed by atoms with E-state index in [0.717, 1.165) is 22.7 Å². The van der Waals surface area contributed by atoms with Gasteiger partial charge in [-0.25, -0.2) is 0 Å². The lowest BCUT2D eigenvalue weighted by molar-refractivity contribution is -0.354. The van der Waals surface area contributed by atoms with E-state index < -0.39 is 5.91 Å². The van der Waals surface area contributed by atoms with Gasteiger partial charge in [-0.2, -0.15) is 4.74 Å². The highest BCUT2D eigenvalue weighted by molar-refractivity contribution is 6.33. The van der Waals surface area contributed by atoms with Gasteiger partial charge in [0.2, 0.25) is 11.9 Å². The van der Waals surface area contributed by atoms with Crippen LogP contribution in [-0.2, 0) is 4.79 Å². The number of hydrogen-bond acceptors (Lipinski definition) is 3. The molecule has 0 heterocycles. The summed E-state index contributed by atoms with van der Waals surface area (Å²) in [4.78, 5) is 16.8. The monoisotopic (exact) mass is 409 g/mol. The average molecular weight is 409 g/mol. The van der Waals surface area contributed by atoms with E-state index in [9.17, 15) is 10.0 Å². The smallest absolute Gasteiger partial charge is 0.321 e. The molecule has 0 aliphatic rings. The molecule has 0 saturated heterocycles. The molecule has 4 rings (SSSR count). The molecule has 0 N–H and O–H groups in total. The van der Waals surface area contributed by atoms with Crippen LogP contribution >= 0.6 is 0 Å². The van der Waals surface area contributed by atoms with E-state index in [0.29, 0.717) is 21.8 Å². The van der Waals surface area contributed by atoms with Gasteiger partial charge in [-0.15, -0.1) is 0 Å². The minimum atomic E-state index is -0.423. The van der Waals surface area contributed by atoms with Crippen molar-refractivity contribution in [1.29, 1.82) is 0 Å². The molecule has 4 aromatic carbocycles. The van der Waals surface area contributed by atoms with Crippen molar-refractivity contribution in [2.75, 3.05) is 23.9 Å². The summed E-state index contributed by atoms with van der Waals surface area (Å²) in [5, 5.41) is 14.8. The number of hydrogen-bond donors (Lipinski definition) is 0. The maximum absolute atomic E-state index is 13.3. The zero-order valence-corrected chi connectivity index (χ0v) is 17.5. The van der Waals surface area contributed by atoms with Gasteiger partial charge in [-0.05, 0) is 47.2 Å². The fourth-order valence-corrected chi connectivity index (χ4v) is 3.43. The van der Waals surface area contributed by atoms with Crippen molar-refractivity contribution in [3.05, 3.63) is 102 Å². The van der Waals surface area contributed by atoms with Crippen LogP contribution in [0.25, 0.3) is 10.8 Å². The van der Waals surface area contributed by atoms with Crippen molar-refractivity contribution >= 4 is 45.6 Å². The van der Waals surface area contributed by atoms with Crippen LogP contribution in [0, 0.1) is 5.21 Å². The first-order valence-corrected chi connectivity index (χ1v) is 9.99. The van der Waals surface area contributed by atoms with Gasteiger partial charge < -0.3 is 10.1 Å². The standard InChI is InChI=1S/C26H23N3O2/c1-27(2)22-14-16-23(17-15-22)28(31)19-26(30)29(24-10-4-3-5-11-24)25-13-12-20-8-6-7-9-21(20)18-25/h3-19H,1-2H3/b28-19-. The Kier molecular flexibility index (Phi) is 5.67. The summed E-state index contributed by atoms with van der Waals surface area (Å²) < 4.78 is 0.610. The first-order chi connectivity index (χ1) is 15.0. The van der Waals surface area contributed by atoms with Crippen molar-refractivity contribution in [1.82, 2.24) is 0 Å². The molecule has 4 aromatic rings. The molecule has 0 bridgehead atoms. The second kappa shape index (κ2) is 8.71. The van der Waals surface area contributed by atoms with E-state index in [2.05, 4.69) is 0 Å². The molecular formula is C26H23N3O2. The van der Waals surface area contributed by atoms with Crippen molar-refractivity contribution in [2.45, 2.75) is 0 Å². The molecule has 5 nitrogen and oxygen atoms in total. The van der Waals surface area contributed by atoms with E-state index in [4.69, 9.17) is 0 Å². The Morgan fingerprint density at radius 2 is 1.35 bits per heavy atom. The van der Waals surface area contributed by atoms with Gasteiger partial charge >= 0.3 is 5.91 Å². The number of carbonyl (C=O) groups is 1. The Hall–Kier alpha value is -4.12. The summed E-state index contributed by atoms with van der Waals surface area (Å²) in [6, 6.07) is 30.2. The largest absolute Gasteiger partial charge is 0.618 e. The molecule has 0 aliphatic carbocycles. The van der Waals surface area contributed by atoms with Crippen LogP contribution in [0.2, 0.25) is 0 Å². The average Bonchev–Trinajstić information content (AvgIpc) is 2.80. The van der Waals surface area contributed by atoms with Crippen LogP contribution < -0.4 is 9.80 Å². The quantitative estimate of drug-likeness (QED) is 0.190. The van der Waals surface area contributed by atoms with Gasteiger partial charge in [-0.3, -0.25) is 9.69 Å². The summed E-state index contributed by atoms with van der Waals surface area (Å²) in [6.45, 7) is 0. The van der Waals surface area contributed by atoms with Crippen LogP contribution in [0.5, 0.6) is 0 Å². The Balaban J connectivity index is 1.72. The molecule has 0 radical (unpaired) electrons. The van der Waals surface area contributed by atoms with Crippen molar-refractivity contribution in [3.63, 3.8) is 0 Å². The molecule has 0 aliphatic heterocycles. The third kappa shape index (κ3) is 4.41. The van der Waals surface area contributed by atoms with Crippen molar-refractivity contribution in [3.8, 4) is 0 Å². The van der Waals surface area contributed by atoms with Crippen LogP contribution in [0.15, 0.2) is 97.1 Å². The second-order valence-electron chi connectivity index (χ2n) is 7.41. The number of carbonyl (C=O) groups excluding carboxylic acids is 1. The number of nitrogens with zero attached hydrogens (tertiary/aromatic N) is 3. The summed E-state index contributed by atoms with van der Waals surface area (Å²) >= 11 is 0. The van der Waals surface area contributed by atoms with Crippen LogP contribution in [-0.4, -0.2) is 31.0 Å². The Labute approximate surface area is 181 Å².